The molecule has 0 spiro atoms. The fourth-order valence-electron chi connectivity index (χ4n) is 2.78. The van der Waals surface area contributed by atoms with Gasteiger partial charge in [0, 0.05) is 24.3 Å². The highest BCUT2D eigenvalue weighted by Crippen LogP contribution is 2.34. The highest BCUT2D eigenvalue weighted by atomic mass is 32.2. The Kier molecular flexibility index (Phi) is 4.84. The van der Waals surface area contributed by atoms with Crippen LogP contribution < -0.4 is 5.32 Å². The maximum Gasteiger partial charge on any atom is 0.0607 e. The summed E-state index contributed by atoms with van der Waals surface area (Å²) >= 11 is 2.00. The zero-order chi connectivity index (χ0) is 14.5. The number of nitrogens with one attached hydrogen (secondary N) is 1. The predicted molar refractivity (Wildman–Crippen MR) is 91.0 cm³/mol. The molecule has 1 unspecified atom stereocenters. The van der Waals surface area contributed by atoms with Crippen LogP contribution in [0.15, 0.2) is 48.5 Å². The van der Waals surface area contributed by atoms with Crippen molar-refractivity contribution in [2.75, 3.05) is 24.8 Å². The third kappa shape index (κ3) is 3.42. The summed E-state index contributed by atoms with van der Waals surface area (Å²) in [6.45, 7) is 0.759. The van der Waals surface area contributed by atoms with E-state index in [2.05, 4.69) is 53.8 Å². The molecule has 0 aliphatic carbocycles. The Balaban J connectivity index is 1.81. The monoisotopic (exact) mass is 299 g/mol. The van der Waals surface area contributed by atoms with Gasteiger partial charge in [0.05, 0.1) is 12.6 Å². The topological polar surface area (TPSA) is 21.3 Å². The van der Waals surface area contributed by atoms with E-state index in [9.17, 15) is 0 Å². The molecule has 0 saturated carbocycles. The van der Waals surface area contributed by atoms with Gasteiger partial charge >= 0.3 is 0 Å². The van der Waals surface area contributed by atoms with Gasteiger partial charge in [0.1, 0.15) is 0 Å². The number of para-hydroxylation sites is 1. The van der Waals surface area contributed by atoms with Crippen LogP contribution in [0.3, 0.4) is 0 Å². The van der Waals surface area contributed by atoms with Crippen LogP contribution in [-0.2, 0) is 16.9 Å². The summed E-state index contributed by atoms with van der Waals surface area (Å²) in [6.07, 6.45) is 0.946. The Morgan fingerprint density at radius 3 is 2.86 bits per heavy atom. The van der Waals surface area contributed by atoms with Gasteiger partial charge in [-0.05, 0) is 29.2 Å². The van der Waals surface area contributed by atoms with Crippen molar-refractivity contribution in [3.05, 3.63) is 65.2 Å². The molecule has 0 saturated heterocycles. The average Bonchev–Trinajstić information content (AvgIpc) is 2.54. The molecular formula is C18H21NOS. The number of ether oxygens (including phenoxy) is 1. The molecule has 3 heteroatoms. The number of methoxy groups -OCH3 is 1. The number of anilines is 1. The predicted octanol–water partition coefficient (Wildman–Crippen LogP) is 4.28. The molecule has 0 fully saturated rings. The minimum atomic E-state index is 0.392. The van der Waals surface area contributed by atoms with Crippen molar-refractivity contribution in [1.29, 1.82) is 0 Å². The average molecular weight is 299 g/mol. The second-order valence-corrected chi connectivity index (χ2v) is 6.34. The number of hydrogen-bond acceptors (Lipinski definition) is 3. The smallest absolute Gasteiger partial charge is 0.0607 e. The van der Waals surface area contributed by atoms with Gasteiger partial charge in [-0.3, -0.25) is 0 Å². The van der Waals surface area contributed by atoms with Crippen LogP contribution >= 0.6 is 11.8 Å². The Hall–Kier alpha value is -1.45. The van der Waals surface area contributed by atoms with E-state index in [1.54, 1.807) is 7.11 Å². The minimum absolute atomic E-state index is 0.392. The molecule has 21 heavy (non-hydrogen) atoms. The second kappa shape index (κ2) is 7.01. The number of benzene rings is 2. The highest BCUT2D eigenvalue weighted by Gasteiger charge is 2.20. The van der Waals surface area contributed by atoms with Gasteiger partial charge in [-0.2, -0.15) is 11.8 Å². The molecule has 1 heterocycles. The van der Waals surface area contributed by atoms with E-state index in [-0.39, 0.29) is 0 Å². The number of fused-ring (bicyclic) bond motifs is 1. The summed E-state index contributed by atoms with van der Waals surface area (Å²) in [5.41, 5.74) is 5.46. The summed E-state index contributed by atoms with van der Waals surface area (Å²) in [6, 6.07) is 17.7. The van der Waals surface area contributed by atoms with Crippen molar-refractivity contribution in [2.24, 2.45) is 0 Å². The molecule has 0 aromatic heterocycles. The van der Waals surface area contributed by atoms with Crippen LogP contribution in [0, 0.1) is 0 Å². The molecule has 2 aromatic rings. The van der Waals surface area contributed by atoms with Crippen LogP contribution in [-0.4, -0.2) is 19.5 Å². The van der Waals surface area contributed by atoms with Crippen molar-refractivity contribution < 1.29 is 4.74 Å². The van der Waals surface area contributed by atoms with E-state index < -0.39 is 0 Å². The molecule has 2 aromatic carbocycles. The summed E-state index contributed by atoms with van der Waals surface area (Å²) < 4.78 is 5.22. The number of rotatable bonds is 5. The lowest BCUT2D eigenvalue weighted by molar-refractivity contribution is 0.202. The van der Waals surface area contributed by atoms with Crippen molar-refractivity contribution in [3.8, 4) is 0 Å². The third-order valence-corrected chi connectivity index (χ3v) is 4.98. The lowest BCUT2D eigenvalue weighted by Gasteiger charge is -2.27. The van der Waals surface area contributed by atoms with E-state index in [4.69, 9.17) is 4.74 Å². The van der Waals surface area contributed by atoms with E-state index in [0.29, 0.717) is 6.04 Å². The summed E-state index contributed by atoms with van der Waals surface area (Å²) in [5, 5.41) is 3.74. The molecule has 0 amide bonds. The third-order valence-electron chi connectivity index (χ3n) is 3.90. The maximum absolute atomic E-state index is 5.22. The SMILES string of the molecule is COCCc1ccccc1NC1CSCc2ccccc21. The molecule has 3 rings (SSSR count). The van der Waals surface area contributed by atoms with Crippen LogP contribution in [0.5, 0.6) is 0 Å². The van der Waals surface area contributed by atoms with Crippen LogP contribution in [0.2, 0.25) is 0 Å². The van der Waals surface area contributed by atoms with E-state index >= 15 is 0 Å². The molecule has 1 atom stereocenters. The zero-order valence-corrected chi connectivity index (χ0v) is 13.2. The Bertz CT molecular complexity index is 599. The van der Waals surface area contributed by atoms with Crippen LogP contribution in [0.4, 0.5) is 5.69 Å². The van der Waals surface area contributed by atoms with Crippen molar-refractivity contribution in [1.82, 2.24) is 0 Å². The standard InChI is InChI=1S/C18H21NOS/c1-20-11-10-14-6-3-5-9-17(14)19-18-13-21-12-15-7-2-4-8-16(15)18/h2-9,18-19H,10-13H2,1H3. The maximum atomic E-state index is 5.22. The zero-order valence-electron chi connectivity index (χ0n) is 12.3. The molecular weight excluding hydrogens is 278 g/mol. The first kappa shape index (κ1) is 14.5. The second-order valence-electron chi connectivity index (χ2n) is 5.31. The molecule has 0 radical (unpaired) electrons. The number of hydrogen-bond donors (Lipinski definition) is 1. The molecule has 110 valence electrons. The Morgan fingerprint density at radius 1 is 1.14 bits per heavy atom. The van der Waals surface area contributed by atoms with E-state index in [1.165, 1.54) is 22.4 Å². The minimum Gasteiger partial charge on any atom is -0.384 e. The molecule has 1 N–H and O–H groups in total. The largest absolute Gasteiger partial charge is 0.384 e. The van der Waals surface area contributed by atoms with Crippen LogP contribution in [0.25, 0.3) is 0 Å². The van der Waals surface area contributed by atoms with Crippen LogP contribution in [0.1, 0.15) is 22.7 Å². The van der Waals surface area contributed by atoms with Gasteiger partial charge in [0.15, 0.2) is 0 Å². The Morgan fingerprint density at radius 2 is 1.95 bits per heavy atom. The van der Waals surface area contributed by atoms with Gasteiger partial charge in [-0.25, -0.2) is 0 Å². The molecule has 2 nitrogen and oxygen atoms in total. The molecule has 1 aliphatic heterocycles. The quantitative estimate of drug-likeness (QED) is 0.890. The normalized spacial score (nSPS) is 17.3. The molecule has 1 aliphatic rings. The Labute approximate surface area is 130 Å². The lowest BCUT2D eigenvalue weighted by Crippen LogP contribution is -2.19. The van der Waals surface area contributed by atoms with Crippen molar-refractivity contribution >= 4 is 17.4 Å². The summed E-state index contributed by atoms with van der Waals surface area (Å²) in [4.78, 5) is 0. The van der Waals surface area contributed by atoms with Gasteiger partial charge in [0.25, 0.3) is 0 Å². The lowest BCUT2D eigenvalue weighted by atomic mass is 10.0. The van der Waals surface area contributed by atoms with Gasteiger partial charge in [0.2, 0.25) is 0 Å². The summed E-state index contributed by atoms with van der Waals surface area (Å²) in [5.74, 6) is 2.25. The fourth-order valence-corrected chi connectivity index (χ4v) is 3.88. The first-order valence-corrected chi connectivity index (χ1v) is 8.53. The molecule has 0 bridgehead atoms. The first-order chi connectivity index (χ1) is 10.4. The number of thioether (sulfide) groups is 1. The summed E-state index contributed by atoms with van der Waals surface area (Å²) in [7, 11) is 1.75. The van der Waals surface area contributed by atoms with Gasteiger partial charge in [-0.15, -0.1) is 0 Å². The highest BCUT2D eigenvalue weighted by molar-refractivity contribution is 7.98. The van der Waals surface area contributed by atoms with E-state index in [0.717, 1.165) is 24.5 Å². The fraction of sp³-hybridized carbons (Fsp3) is 0.333. The van der Waals surface area contributed by atoms with Crippen molar-refractivity contribution in [3.63, 3.8) is 0 Å². The van der Waals surface area contributed by atoms with Gasteiger partial charge in [-0.1, -0.05) is 42.5 Å². The van der Waals surface area contributed by atoms with Crippen molar-refractivity contribution in [2.45, 2.75) is 18.2 Å². The first-order valence-electron chi connectivity index (χ1n) is 7.37. The van der Waals surface area contributed by atoms with E-state index in [1.807, 2.05) is 11.8 Å². The van der Waals surface area contributed by atoms with Gasteiger partial charge < -0.3 is 10.1 Å².